The van der Waals surface area contributed by atoms with E-state index in [1.165, 1.54) is 4.90 Å². The van der Waals surface area contributed by atoms with E-state index >= 15 is 0 Å². The van der Waals surface area contributed by atoms with Crippen molar-refractivity contribution in [2.75, 3.05) is 20.6 Å². The zero-order chi connectivity index (χ0) is 13.8. The number of amides is 2. The molecule has 104 valence electrons. The number of nitrogens with zero attached hydrogens (tertiary/aromatic N) is 2. The van der Waals surface area contributed by atoms with Crippen LogP contribution in [-0.2, 0) is 22.6 Å². The molecule has 0 spiro atoms. The SMILES string of the molecule is CN(C)C(=O)CCNC(=O)C1Cc2nc[nH]c2CN1. The third kappa shape index (κ3) is 3.31. The summed E-state index contributed by atoms with van der Waals surface area (Å²) < 4.78 is 0. The fourth-order valence-corrected chi connectivity index (χ4v) is 1.99. The van der Waals surface area contributed by atoms with Gasteiger partial charge in [0.1, 0.15) is 0 Å². The van der Waals surface area contributed by atoms with Crippen LogP contribution in [0.4, 0.5) is 0 Å². The first-order valence-corrected chi connectivity index (χ1v) is 6.30. The summed E-state index contributed by atoms with van der Waals surface area (Å²) in [4.78, 5) is 32.1. The summed E-state index contributed by atoms with van der Waals surface area (Å²) in [5.74, 6) is -0.0771. The Morgan fingerprint density at radius 3 is 3.05 bits per heavy atom. The molecule has 0 bridgehead atoms. The smallest absolute Gasteiger partial charge is 0.237 e. The van der Waals surface area contributed by atoms with Crippen LogP contribution in [0.1, 0.15) is 17.8 Å². The number of imidazole rings is 1. The molecule has 1 aliphatic heterocycles. The monoisotopic (exact) mass is 265 g/mol. The van der Waals surface area contributed by atoms with E-state index < -0.39 is 0 Å². The molecule has 0 saturated heterocycles. The number of carbonyl (C=O) groups is 2. The molecule has 2 amide bonds. The minimum absolute atomic E-state index is 0.00601. The Morgan fingerprint density at radius 1 is 1.53 bits per heavy atom. The van der Waals surface area contributed by atoms with Gasteiger partial charge in [-0.15, -0.1) is 0 Å². The molecule has 1 aliphatic rings. The zero-order valence-electron chi connectivity index (χ0n) is 11.2. The lowest BCUT2D eigenvalue weighted by Gasteiger charge is -2.22. The average Bonchev–Trinajstić information content (AvgIpc) is 2.85. The number of hydrogen-bond donors (Lipinski definition) is 3. The highest BCUT2D eigenvalue weighted by atomic mass is 16.2. The third-order valence-corrected chi connectivity index (χ3v) is 3.18. The molecule has 1 aromatic rings. The van der Waals surface area contributed by atoms with Gasteiger partial charge in [-0.1, -0.05) is 0 Å². The second-order valence-electron chi connectivity index (χ2n) is 4.79. The summed E-state index contributed by atoms with van der Waals surface area (Å²) >= 11 is 0. The molecule has 0 aliphatic carbocycles. The normalized spacial score (nSPS) is 17.7. The van der Waals surface area contributed by atoms with Crippen LogP contribution in [0.3, 0.4) is 0 Å². The Hall–Kier alpha value is -1.89. The number of hydrogen-bond acceptors (Lipinski definition) is 4. The van der Waals surface area contributed by atoms with Crippen LogP contribution in [0.5, 0.6) is 0 Å². The molecule has 7 heteroatoms. The molecule has 1 unspecified atom stereocenters. The highest BCUT2D eigenvalue weighted by Crippen LogP contribution is 2.11. The summed E-state index contributed by atoms with van der Waals surface area (Å²) in [6.45, 7) is 0.978. The van der Waals surface area contributed by atoms with Crippen molar-refractivity contribution in [3.63, 3.8) is 0 Å². The number of aromatic nitrogens is 2. The van der Waals surface area contributed by atoms with Crippen molar-refractivity contribution in [2.24, 2.45) is 0 Å². The van der Waals surface area contributed by atoms with Gasteiger partial charge < -0.3 is 15.2 Å². The van der Waals surface area contributed by atoms with Gasteiger partial charge in [-0.3, -0.25) is 14.9 Å². The molecular weight excluding hydrogens is 246 g/mol. The fraction of sp³-hybridized carbons (Fsp3) is 0.583. The fourth-order valence-electron chi connectivity index (χ4n) is 1.99. The largest absolute Gasteiger partial charge is 0.354 e. The second kappa shape index (κ2) is 5.83. The van der Waals surface area contributed by atoms with Crippen molar-refractivity contribution in [3.8, 4) is 0 Å². The predicted octanol–water partition coefficient (Wildman–Crippen LogP) is -0.981. The minimum Gasteiger partial charge on any atom is -0.354 e. The lowest BCUT2D eigenvalue weighted by molar-refractivity contribution is -0.128. The number of nitrogens with one attached hydrogen (secondary N) is 3. The van der Waals surface area contributed by atoms with E-state index in [1.807, 2.05) is 0 Å². The summed E-state index contributed by atoms with van der Waals surface area (Å²) in [6.07, 6.45) is 2.54. The van der Waals surface area contributed by atoms with Crippen LogP contribution < -0.4 is 10.6 Å². The van der Waals surface area contributed by atoms with E-state index in [9.17, 15) is 9.59 Å². The Bertz CT molecular complexity index is 468. The van der Waals surface area contributed by atoms with Crippen molar-refractivity contribution in [2.45, 2.75) is 25.4 Å². The Morgan fingerprint density at radius 2 is 2.32 bits per heavy atom. The second-order valence-corrected chi connectivity index (χ2v) is 4.79. The minimum atomic E-state index is -0.273. The van der Waals surface area contributed by atoms with E-state index in [4.69, 9.17) is 0 Å². The Kier molecular flexibility index (Phi) is 4.16. The number of carbonyl (C=O) groups excluding carboxylic acids is 2. The molecule has 0 radical (unpaired) electrons. The van der Waals surface area contributed by atoms with Gasteiger partial charge in [0.15, 0.2) is 0 Å². The van der Waals surface area contributed by atoms with Crippen LogP contribution in [0.2, 0.25) is 0 Å². The average molecular weight is 265 g/mol. The maximum Gasteiger partial charge on any atom is 0.237 e. The molecule has 2 heterocycles. The maximum atomic E-state index is 11.9. The van der Waals surface area contributed by atoms with Gasteiger partial charge in [0, 0.05) is 40.0 Å². The number of fused-ring (bicyclic) bond motifs is 1. The first kappa shape index (κ1) is 13.5. The van der Waals surface area contributed by atoms with Crippen LogP contribution in [0.25, 0.3) is 0 Å². The molecule has 19 heavy (non-hydrogen) atoms. The highest BCUT2D eigenvalue weighted by Gasteiger charge is 2.25. The highest BCUT2D eigenvalue weighted by molar-refractivity contribution is 5.83. The summed E-state index contributed by atoms with van der Waals surface area (Å²) in [5, 5.41) is 5.92. The molecular formula is C12H19N5O2. The summed E-state index contributed by atoms with van der Waals surface area (Å²) in [6, 6.07) is -0.273. The molecule has 0 aromatic carbocycles. The van der Waals surface area contributed by atoms with Gasteiger partial charge in [-0.05, 0) is 0 Å². The standard InChI is InChI=1S/C12H19N5O2/c1-17(2)11(18)3-4-13-12(19)9-5-8-10(6-14-9)16-7-15-8/h7,9,14H,3-6H2,1-2H3,(H,13,19)(H,15,16). The van der Waals surface area contributed by atoms with E-state index in [0.717, 1.165) is 11.4 Å². The number of H-pyrrole nitrogens is 1. The first-order valence-electron chi connectivity index (χ1n) is 6.30. The van der Waals surface area contributed by atoms with Crippen LogP contribution in [0, 0.1) is 0 Å². The molecule has 0 fully saturated rings. The van der Waals surface area contributed by atoms with Gasteiger partial charge >= 0.3 is 0 Å². The molecule has 2 rings (SSSR count). The number of rotatable bonds is 4. The van der Waals surface area contributed by atoms with E-state index in [2.05, 4.69) is 20.6 Å². The van der Waals surface area contributed by atoms with Crippen LogP contribution >= 0.6 is 0 Å². The topological polar surface area (TPSA) is 90.1 Å². The van der Waals surface area contributed by atoms with Crippen LogP contribution in [-0.4, -0.2) is 53.4 Å². The lowest BCUT2D eigenvalue weighted by Crippen LogP contribution is -2.48. The van der Waals surface area contributed by atoms with Gasteiger partial charge in [0.05, 0.1) is 23.8 Å². The van der Waals surface area contributed by atoms with Crippen molar-refractivity contribution in [1.82, 2.24) is 25.5 Å². The first-order chi connectivity index (χ1) is 9.08. The predicted molar refractivity (Wildman–Crippen MR) is 69.2 cm³/mol. The Balaban J connectivity index is 1.77. The van der Waals surface area contributed by atoms with Gasteiger partial charge in [0.2, 0.25) is 11.8 Å². The quantitative estimate of drug-likeness (QED) is 0.652. The van der Waals surface area contributed by atoms with E-state index in [1.54, 1.807) is 20.4 Å². The number of aromatic amines is 1. The van der Waals surface area contributed by atoms with E-state index in [0.29, 0.717) is 25.9 Å². The van der Waals surface area contributed by atoms with Gasteiger partial charge in [0.25, 0.3) is 0 Å². The maximum absolute atomic E-state index is 11.9. The Labute approximate surface area is 111 Å². The van der Waals surface area contributed by atoms with Crippen molar-refractivity contribution >= 4 is 11.8 Å². The van der Waals surface area contributed by atoms with Crippen molar-refractivity contribution < 1.29 is 9.59 Å². The molecule has 7 nitrogen and oxygen atoms in total. The zero-order valence-corrected chi connectivity index (χ0v) is 11.2. The molecule has 1 atom stereocenters. The molecule has 1 aromatic heterocycles. The van der Waals surface area contributed by atoms with E-state index in [-0.39, 0.29) is 17.9 Å². The summed E-state index contributed by atoms with van der Waals surface area (Å²) in [5.41, 5.74) is 1.97. The third-order valence-electron chi connectivity index (χ3n) is 3.18. The molecule has 0 saturated carbocycles. The van der Waals surface area contributed by atoms with Crippen molar-refractivity contribution in [3.05, 3.63) is 17.7 Å². The summed E-state index contributed by atoms with van der Waals surface area (Å²) in [7, 11) is 3.40. The van der Waals surface area contributed by atoms with Crippen molar-refractivity contribution in [1.29, 1.82) is 0 Å². The van der Waals surface area contributed by atoms with Crippen LogP contribution in [0.15, 0.2) is 6.33 Å². The van der Waals surface area contributed by atoms with Gasteiger partial charge in [-0.2, -0.15) is 0 Å². The molecule has 3 N–H and O–H groups in total. The van der Waals surface area contributed by atoms with Gasteiger partial charge in [-0.25, -0.2) is 4.98 Å². The lowest BCUT2D eigenvalue weighted by atomic mass is 10.0.